The van der Waals surface area contributed by atoms with Crippen LogP contribution in [0.1, 0.15) is 26.3 Å². The summed E-state index contributed by atoms with van der Waals surface area (Å²) in [5.41, 5.74) is 2.41. The maximum Gasteiger partial charge on any atom is 0.316 e. The average Bonchev–Trinajstić information content (AvgIpc) is 2.85. The number of rotatable bonds is 4. The molecule has 2 rings (SSSR count). The number of methoxy groups -OCH3 is 1. The van der Waals surface area contributed by atoms with Crippen LogP contribution in [0.15, 0.2) is 29.4 Å². The molecular weight excluding hydrogens is 298 g/mol. The highest BCUT2D eigenvalue weighted by molar-refractivity contribution is 7.99. The predicted molar refractivity (Wildman–Crippen MR) is 87.9 cm³/mol. The number of carbonyl (C=O) groups excluding carboxylic acids is 1. The van der Waals surface area contributed by atoms with E-state index in [1.165, 1.54) is 24.4 Å². The third-order valence-corrected chi connectivity index (χ3v) is 4.38. The number of hydrogen-bond acceptors (Lipinski definition) is 5. The highest BCUT2D eigenvalue weighted by Crippen LogP contribution is 2.26. The fourth-order valence-electron chi connectivity index (χ4n) is 1.99. The van der Waals surface area contributed by atoms with Crippen molar-refractivity contribution in [1.82, 2.24) is 14.8 Å². The van der Waals surface area contributed by atoms with Crippen molar-refractivity contribution in [3.63, 3.8) is 0 Å². The summed E-state index contributed by atoms with van der Waals surface area (Å²) in [6, 6.07) is 8.34. The number of hydrogen-bond donors (Lipinski definition) is 0. The summed E-state index contributed by atoms with van der Waals surface area (Å²) in [4.78, 5) is 11.2. The molecule has 0 aliphatic heterocycles. The van der Waals surface area contributed by atoms with Crippen molar-refractivity contribution >= 4 is 17.7 Å². The zero-order valence-electron chi connectivity index (χ0n) is 13.6. The molecule has 1 heterocycles. The van der Waals surface area contributed by atoms with Crippen molar-refractivity contribution in [1.29, 1.82) is 0 Å². The Kier molecular flexibility index (Phi) is 4.90. The van der Waals surface area contributed by atoms with Crippen LogP contribution in [-0.4, -0.2) is 33.6 Å². The fourth-order valence-corrected chi connectivity index (χ4v) is 2.74. The number of nitrogens with zero attached hydrogens (tertiary/aromatic N) is 3. The van der Waals surface area contributed by atoms with Crippen LogP contribution < -0.4 is 0 Å². The minimum atomic E-state index is -0.274. The molecule has 0 bridgehead atoms. The van der Waals surface area contributed by atoms with Gasteiger partial charge < -0.3 is 9.30 Å². The van der Waals surface area contributed by atoms with Crippen LogP contribution in [0.4, 0.5) is 0 Å². The first-order chi connectivity index (χ1) is 10.3. The van der Waals surface area contributed by atoms with Gasteiger partial charge in [-0.3, -0.25) is 4.79 Å². The second-order valence-electron chi connectivity index (χ2n) is 6.06. The first-order valence-electron chi connectivity index (χ1n) is 7.03. The minimum Gasteiger partial charge on any atom is -0.468 e. The van der Waals surface area contributed by atoms with E-state index in [2.05, 4.69) is 60.0 Å². The van der Waals surface area contributed by atoms with E-state index in [1.54, 1.807) is 0 Å². The highest BCUT2D eigenvalue weighted by atomic mass is 32.2. The van der Waals surface area contributed by atoms with E-state index in [0.717, 1.165) is 11.4 Å². The van der Waals surface area contributed by atoms with E-state index in [4.69, 9.17) is 0 Å². The Labute approximate surface area is 135 Å². The smallest absolute Gasteiger partial charge is 0.316 e. The van der Waals surface area contributed by atoms with Crippen molar-refractivity contribution in [3.05, 3.63) is 29.8 Å². The number of esters is 1. The number of carbonyl (C=O) groups is 1. The summed E-state index contributed by atoms with van der Waals surface area (Å²) >= 11 is 1.32. The van der Waals surface area contributed by atoms with Gasteiger partial charge in [0.2, 0.25) is 0 Å². The summed E-state index contributed by atoms with van der Waals surface area (Å²) in [6.07, 6.45) is 0. The van der Waals surface area contributed by atoms with Crippen molar-refractivity contribution in [3.8, 4) is 11.4 Å². The lowest BCUT2D eigenvalue weighted by atomic mass is 9.87. The maximum absolute atomic E-state index is 11.2. The molecule has 0 N–H and O–H groups in total. The Bertz CT molecular complexity index is 657. The van der Waals surface area contributed by atoms with E-state index in [9.17, 15) is 4.79 Å². The van der Waals surface area contributed by atoms with E-state index < -0.39 is 0 Å². The summed E-state index contributed by atoms with van der Waals surface area (Å²) in [5.74, 6) is 0.739. The second kappa shape index (κ2) is 6.52. The van der Waals surface area contributed by atoms with Crippen molar-refractivity contribution in [2.45, 2.75) is 31.3 Å². The Hall–Kier alpha value is -1.82. The first-order valence-corrected chi connectivity index (χ1v) is 8.01. The molecule has 0 saturated heterocycles. The highest BCUT2D eigenvalue weighted by Gasteiger charge is 2.16. The van der Waals surface area contributed by atoms with Gasteiger partial charge in [-0.05, 0) is 11.0 Å². The van der Waals surface area contributed by atoms with Gasteiger partial charge in [0.05, 0.1) is 12.9 Å². The molecule has 1 aromatic heterocycles. The number of benzene rings is 1. The topological polar surface area (TPSA) is 57.0 Å². The zero-order valence-corrected chi connectivity index (χ0v) is 14.4. The molecule has 0 unspecified atom stereocenters. The van der Waals surface area contributed by atoms with Gasteiger partial charge >= 0.3 is 5.97 Å². The van der Waals surface area contributed by atoms with Gasteiger partial charge in [0, 0.05) is 12.6 Å². The summed E-state index contributed by atoms with van der Waals surface area (Å²) in [7, 11) is 3.27. The molecule has 0 fully saturated rings. The zero-order chi connectivity index (χ0) is 16.3. The van der Waals surface area contributed by atoms with Gasteiger partial charge in [-0.25, -0.2) is 0 Å². The molecule has 0 saturated carbocycles. The van der Waals surface area contributed by atoms with Gasteiger partial charge in [-0.15, -0.1) is 10.2 Å². The Morgan fingerprint density at radius 2 is 1.86 bits per heavy atom. The molecule has 5 nitrogen and oxygen atoms in total. The van der Waals surface area contributed by atoms with Gasteiger partial charge in [0.1, 0.15) is 0 Å². The maximum atomic E-state index is 11.2. The van der Waals surface area contributed by atoms with Crippen LogP contribution in [0.25, 0.3) is 11.4 Å². The molecule has 0 atom stereocenters. The van der Waals surface area contributed by atoms with Gasteiger partial charge in [-0.1, -0.05) is 56.8 Å². The number of aromatic nitrogens is 3. The number of ether oxygens (including phenoxy) is 1. The molecule has 0 aliphatic rings. The second-order valence-corrected chi connectivity index (χ2v) is 7.00. The molecule has 0 amide bonds. The molecule has 0 spiro atoms. The average molecular weight is 319 g/mol. The van der Waals surface area contributed by atoms with Crippen LogP contribution in [0.2, 0.25) is 0 Å². The van der Waals surface area contributed by atoms with Crippen LogP contribution >= 0.6 is 11.8 Å². The van der Waals surface area contributed by atoms with Crippen LogP contribution in [0.3, 0.4) is 0 Å². The van der Waals surface area contributed by atoms with Crippen molar-refractivity contribution in [2.75, 3.05) is 12.9 Å². The lowest BCUT2D eigenvalue weighted by Gasteiger charge is -2.19. The number of thioether (sulfide) groups is 1. The van der Waals surface area contributed by atoms with Crippen molar-refractivity contribution in [2.24, 2.45) is 7.05 Å². The van der Waals surface area contributed by atoms with Gasteiger partial charge in [0.25, 0.3) is 0 Å². The monoisotopic (exact) mass is 319 g/mol. The molecule has 118 valence electrons. The van der Waals surface area contributed by atoms with E-state index >= 15 is 0 Å². The summed E-state index contributed by atoms with van der Waals surface area (Å²) in [6.45, 7) is 6.56. The summed E-state index contributed by atoms with van der Waals surface area (Å²) in [5, 5.41) is 9.05. The van der Waals surface area contributed by atoms with E-state index in [0.29, 0.717) is 5.16 Å². The predicted octanol–water partition coefficient (Wildman–Crippen LogP) is 3.04. The van der Waals surface area contributed by atoms with E-state index in [1.807, 2.05) is 11.6 Å². The summed E-state index contributed by atoms with van der Waals surface area (Å²) < 4.78 is 6.52. The Morgan fingerprint density at radius 3 is 2.41 bits per heavy atom. The lowest BCUT2D eigenvalue weighted by Crippen LogP contribution is -2.10. The molecule has 0 radical (unpaired) electrons. The molecule has 6 heteroatoms. The molecule has 0 aliphatic carbocycles. The Balaban J connectivity index is 2.20. The third kappa shape index (κ3) is 3.68. The Morgan fingerprint density at radius 1 is 1.23 bits per heavy atom. The van der Waals surface area contributed by atoms with Crippen LogP contribution in [0.5, 0.6) is 0 Å². The molecule has 2 aromatic rings. The fraction of sp³-hybridized carbons (Fsp3) is 0.438. The lowest BCUT2D eigenvalue weighted by molar-refractivity contribution is -0.137. The molecule has 1 aromatic carbocycles. The van der Waals surface area contributed by atoms with Crippen LogP contribution in [-0.2, 0) is 22.0 Å². The van der Waals surface area contributed by atoms with Crippen molar-refractivity contribution < 1.29 is 9.53 Å². The normalized spacial score (nSPS) is 11.5. The van der Waals surface area contributed by atoms with Crippen LogP contribution in [0, 0.1) is 0 Å². The molecular formula is C16H21N3O2S. The largest absolute Gasteiger partial charge is 0.468 e. The standard InChI is InChI=1S/C16H21N3O2S/c1-16(2,3)12-8-6-11(7-9-12)14-17-18-15(19(14)4)22-10-13(20)21-5/h6-9H,10H2,1-5H3. The minimum absolute atomic E-state index is 0.125. The van der Waals surface area contributed by atoms with Gasteiger partial charge in [0.15, 0.2) is 11.0 Å². The SMILES string of the molecule is COC(=O)CSc1nnc(-c2ccc(C(C)(C)C)cc2)n1C. The quantitative estimate of drug-likeness (QED) is 0.640. The van der Waals surface area contributed by atoms with Gasteiger partial charge in [-0.2, -0.15) is 0 Å². The first kappa shape index (κ1) is 16.5. The molecule has 22 heavy (non-hydrogen) atoms. The van der Waals surface area contributed by atoms with E-state index in [-0.39, 0.29) is 17.1 Å². The third-order valence-electron chi connectivity index (χ3n) is 3.39.